The van der Waals surface area contributed by atoms with Crippen molar-refractivity contribution in [2.45, 2.75) is 70.9 Å². The van der Waals surface area contributed by atoms with Gasteiger partial charge < -0.3 is 14.3 Å². The maximum Gasteiger partial charge on any atom is 0.193 e. The van der Waals surface area contributed by atoms with Gasteiger partial charge in [0, 0.05) is 18.3 Å². The molecule has 0 bridgehead atoms. The first-order valence-electron chi connectivity index (χ1n) is 10.4. The van der Waals surface area contributed by atoms with Crippen LogP contribution in [0, 0.1) is 6.92 Å². The van der Waals surface area contributed by atoms with Gasteiger partial charge in [0.25, 0.3) is 0 Å². The van der Waals surface area contributed by atoms with Gasteiger partial charge in [-0.15, -0.1) is 0 Å². The number of ketones is 1. The Labute approximate surface area is 174 Å². The molecule has 0 aliphatic carbocycles. The molecule has 1 aromatic carbocycles. The van der Waals surface area contributed by atoms with Crippen LogP contribution in [0.1, 0.15) is 50.3 Å². The molecule has 0 radical (unpaired) electrons. The van der Waals surface area contributed by atoms with Gasteiger partial charge in [-0.1, -0.05) is 51.1 Å². The van der Waals surface area contributed by atoms with Gasteiger partial charge in [0.2, 0.25) is 0 Å². The van der Waals surface area contributed by atoms with Crippen LogP contribution in [-0.2, 0) is 15.8 Å². The van der Waals surface area contributed by atoms with Crippen molar-refractivity contribution in [3.8, 4) is 0 Å². The minimum Gasteiger partial charge on any atom is -0.404 e. The molecule has 0 saturated carbocycles. The molecular formula is C23H31N3O2Si. The van der Waals surface area contributed by atoms with E-state index in [0.29, 0.717) is 6.42 Å². The highest BCUT2D eigenvalue weighted by Gasteiger charge is 2.47. The summed E-state index contributed by atoms with van der Waals surface area (Å²) in [4.78, 5) is 18.4. The lowest BCUT2D eigenvalue weighted by atomic mass is 9.87. The van der Waals surface area contributed by atoms with Crippen LogP contribution >= 0.6 is 0 Å². The number of imidazole rings is 1. The number of nitrogens with zero attached hydrogens (tertiary/aromatic N) is 2. The van der Waals surface area contributed by atoms with E-state index in [1.807, 2.05) is 25.1 Å². The van der Waals surface area contributed by atoms with E-state index in [-0.39, 0.29) is 16.9 Å². The van der Waals surface area contributed by atoms with Gasteiger partial charge >= 0.3 is 0 Å². The summed E-state index contributed by atoms with van der Waals surface area (Å²) in [5.74, 6) is 0.980. The molecule has 2 aliphatic heterocycles. The van der Waals surface area contributed by atoms with Crippen molar-refractivity contribution in [2.24, 2.45) is 0 Å². The first kappa shape index (κ1) is 20.1. The summed E-state index contributed by atoms with van der Waals surface area (Å²) in [6.07, 6.45) is 2.25. The molecule has 0 unspecified atom stereocenters. The highest BCUT2D eigenvalue weighted by Crippen LogP contribution is 2.42. The Kier molecular flexibility index (Phi) is 4.82. The Hall–Kier alpha value is -2.18. The largest absolute Gasteiger partial charge is 0.404 e. The van der Waals surface area contributed by atoms with Crippen LogP contribution in [0.4, 0.5) is 0 Å². The van der Waals surface area contributed by atoms with Crippen molar-refractivity contribution in [3.63, 3.8) is 0 Å². The third kappa shape index (κ3) is 3.49. The first-order chi connectivity index (χ1) is 13.6. The van der Waals surface area contributed by atoms with E-state index in [4.69, 9.17) is 9.41 Å². The fourth-order valence-corrected chi connectivity index (χ4v) is 5.13. The zero-order chi connectivity index (χ0) is 21.0. The molecule has 2 atom stereocenters. The highest BCUT2D eigenvalue weighted by molar-refractivity contribution is 6.74. The van der Waals surface area contributed by atoms with E-state index in [1.54, 1.807) is 0 Å². The zero-order valence-electron chi connectivity index (χ0n) is 18.2. The Balaban J connectivity index is 1.80. The van der Waals surface area contributed by atoms with Crippen molar-refractivity contribution in [3.05, 3.63) is 59.2 Å². The van der Waals surface area contributed by atoms with Gasteiger partial charge in [-0.25, -0.2) is 4.98 Å². The molecule has 3 heterocycles. The number of carbonyl (C=O) groups is 1. The Bertz CT molecular complexity index is 970. The third-order valence-electron chi connectivity index (χ3n) is 6.57. The van der Waals surface area contributed by atoms with Gasteiger partial charge in [-0.3, -0.25) is 4.79 Å². The predicted molar refractivity (Wildman–Crippen MR) is 118 cm³/mol. The standard InChI is InChI=1S/C23H31N3O2Si/c1-15-14-26-13-12-17-19(22(26)24-15)25-18(16-10-8-7-9-11-16)21(20(17)27)28-29(5,6)23(2,3)4/h7-11,14,18,21,25H,12-13H2,1-6H3/t18-,21-/m1/s1. The van der Waals surface area contributed by atoms with Crippen LogP contribution in [0.15, 0.2) is 42.1 Å². The molecule has 0 saturated heterocycles. The van der Waals surface area contributed by atoms with Crippen molar-refractivity contribution >= 4 is 19.8 Å². The van der Waals surface area contributed by atoms with Crippen LogP contribution < -0.4 is 5.32 Å². The van der Waals surface area contributed by atoms with Crippen LogP contribution in [0.2, 0.25) is 18.1 Å². The number of fused-ring (bicyclic) bond motifs is 2. The molecule has 1 N–H and O–H groups in total. The summed E-state index contributed by atoms with van der Waals surface area (Å²) < 4.78 is 8.87. The average Bonchev–Trinajstić information content (AvgIpc) is 3.04. The highest BCUT2D eigenvalue weighted by atomic mass is 28.4. The molecule has 2 aromatic rings. The molecule has 5 nitrogen and oxygen atoms in total. The number of rotatable bonds is 3. The second kappa shape index (κ2) is 6.95. The molecular weight excluding hydrogens is 378 g/mol. The zero-order valence-corrected chi connectivity index (χ0v) is 19.2. The topological polar surface area (TPSA) is 56.2 Å². The van der Waals surface area contributed by atoms with Crippen LogP contribution in [0.25, 0.3) is 5.70 Å². The summed E-state index contributed by atoms with van der Waals surface area (Å²) in [7, 11) is -2.14. The second-order valence-corrected chi connectivity index (χ2v) is 14.5. The van der Waals surface area contributed by atoms with E-state index in [9.17, 15) is 4.79 Å². The number of Topliss-reactive ketones (excluding diaryl/α,β-unsaturated/α-hetero) is 1. The first-order valence-corrected chi connectivity index (χ1v) is 13.3. The number of carbonyl (C=O) groups excluding carboxylic acids is 1. The number of aromatic nitrogens is 2. The van der Waals surface area contributed by atoms with E-state index < -0.39 is 14.4 Å². The molecule has 2 aliphatic rings. The van der Waals surface area contributed by atoms with Crippen LogP contribution in [0.5, 0.6) is 0 Å². The third-order valence-corrected chi connectivity index (χ3v) is 11.0. The van der Waals surface area contributed by atoms with Crippen molar-refractivity contribution in [2.75, 3.05) is 0 Å². The van der Waals surface area contributed by atoms with Gasteiger partial charge in [0.15, 0.2) is 19.9 Å². The number of aryl methyl sites for hydroxylation is 2. The average molecular weight is 410 g/mol. The monoisotopic (exact) mass is 409 g/mol. The number of hydrogen-bond donors (Lipinski definition) is 1. The Morgan fingerprint density at radius 3 is 2.55 bits per heavy atom. The smallest absolute Gasteiger partial charge is 0.193 e. The molecule has 0 spiro atoms. The summed E-state index contributed by atoms with van der Waals surface area (Å²) in [6.45, 7) is 13.8. The number of benzene rings is 1. The van der Waals surface area contributed by atoms with E-state index in [2.05, 4.69) is 62.1 Å². The van der Waals surface area contributed by atoms with E-state index in [1.165, 1.54) is 0 Å². The van der Waals surface area contributed by atoms with Crippen molar-refractivity contribution in [1.82, 2.24) is 14.9 Å². The lowest BCUT2D eigenvalue weighted by molar-refractivity contribution is -0.124. The SMILES string of the molecule is Cc1cn2c(n1)C1=C(CC2)C(=O)[C@H](O[Si](C)(C)C(C)(C)C)[C@@H](c2ccccc2)N1. The molecule has 154 valence electrons. The molecule has 0 amide bonds. The van der Waals surface area contributed by atoms with E-state index in [0.717, 1.165) is 34.9 Å². The molecule has 4 rings (SSSR count). The molecule has 6 heteroatoms. The minimum atomic E-state index is -2.14. The summed E-state index contributed by atoms with van der Waals surface area (Å²) in [5.41, 5.74) is 3.74. The maximum atomic E-state index is 13.7. The lowest BCUT2D eigenvalue weighted by Gasteiger charge is -2.44. The molecule has 29 heavy (non-hydrogen) atoms. The Morgan fingerprint density at radius 2 is 1.90 bits per heavy atom. The van der Waals surface area contributed by atoms with Gasteiger partial charge in [0.05, 0.1) is 17.4 Å². The minimum absolute atomic E-state index is 0.0309. The Morgan fingerprint density at radius 1 is 1.21 bits per heavy atom. The van der Waals surface area contributed by atoms with Crippen molar-refractivity contribution < 1.29 is 9.22 Å². The van der Waals surface area contributed by atoms with Gasteiger partial charge in [0.1, 0.15) is 6.10 Å². The van der Waals surface area contributed by atoms with Gasteiger partial charge in [-0.2, -0.15) is 0 Å². The number of hydrogen-bond acceptors (Lipinski definition) is 4. The fraction of sp³-hybridized carbons (Fsp3) is 0.478. The van der Waals surface area contributed by atoms with Crippen molar-refractivity contribution in [1.29, 1.82) is 0 Å². The fourth-order valence-electron chi connectivity index (χ4n) is 3.90. The predicted octanol–water partition coefficient (Wildman–Crippen LogP) is 4.61. The second-order valence-electron chi connectivity index (χ2n) is 9.70. The molecule has 1 aromatic heterocycles. The normalized spacial score (nSPS) is 22.2. The van der Waals surface area contributed by atoms with E-state index >= 15 is 0 Å². The lowest BCUT2D eigenvalue weighted by Crippen LogP contribution is -2.53. The summed E-state index contributed by atoms with van der Waals surface area (Å²) in [5, 5.41) is 3.70. The summed E-state index contributed by atoms with van der Waals surface area (Å²) in [6, 6.07) is 9.94. The molecule has 0 fully saturated rings. The van der Waals surface area contributed by atoms with Crippen LogP contribution in [0.3, 0.4) is 0 Å². The van der Waals surface area contributed by atoms with Crippen LogP contribution in [-0.4, -0.2) is 29.8 Å². The summed E-state index contributed by atoms with van der Waals surface area (Å²) >= 11 is 0. The maximum absolute atomic E-state index is 13.7. The quantitative estimate of drug-likeness (QED) is 0.752. The van der Waals surface area contributed by atoms with Gasteiger partial charge in [-0.05, 0) is 37.0 Å². The number of nitrogens with one attached hydrogen (secondary N) is 1.